The molecule has 3 N–H and O–H groups in total. The Labute approximate surface area is 93.9 Å². The predicted molar refractivity (Wildman–Crippen MR) is 59.8 cm³/mol. The maximum Gasteiger partial charge on any atom is 0.170 e. The lowest BCUT2D eigenvalue weighted by molar-refractivity contribution is 0.421. The monoisotopic (exact) mass is 231 g/mol. The van der Waals surface area contributed by atoms with E-state index in [2.05, 4.69) is 0 Å². The number of halogens is 2. The van der Waals surface area contributed by atoms with Crippen LogP contribution in [-0.4, -0.2) is 10.6 Å². The Balaban J connectivity index is 3.21. The number of hydrogen-bond acceptors (Lipinski definition) is 2. The van der Waals surface area contributed by atoms with Crippen molar-refractivity contribution in [1.29, 1.82) is 0 Å². The largest absolute Gasteiger partial charge is 0.504 e. The molecule has 0 aliphatic heterocycles. The molecular weight excluding hydrogens is 217 g/mol. The van der Waals surface area contributed by atoms with Gasteiger partial charge in [0.1, 0.15) is 0 Å². The highest BCUT2D eigenvalue weighted by Gasteiger charge is 2.19. The highest BCUT2D eigenvalue weighted by Crippen LogP contribution is 2.33. The second kappa shape index (κ2) is 3.99. The van der Waals surface area contributed by atoms with E-state index in [1.165, 1.54) is 0 Å². The Bertz CT molecular complexity index is 385. The van der Waals surface area contributed by atoms with E-state index in [0.717, 1.165) is 0 Å². The highest BCUT2D eigenvalue weighted by atomic mass is 35.5. The molecule has 0 spiro atoms. The van der Waals surface area contributed by atoms with Crippen LogP contribution >= 0.6 is 11.6 Å². The summed E-state index contributed by atoms with van der Waals surface area (Å²) in [6.07, 6.45) is 0.352. The van der Waals surface area contributed by atoms with Gasteiger partial charge in [0.15, 0.2) is 11.6 Å². The molecule has 0 bridgehead atoms. The number of aryl methyl sites for hydroxylation is 1. The molecule has 0 amide bonds. The zero-order valence-corrected chi connectivity index (χ0v) is 9.82. The van der Waals surface area contributed by atoms with Gasteiger partial charge in [-0.15, -0.1) is 0 Å². The number of rotatable bonds is 2. The van der Waals surface area contributed by atoms with Crippen molar-refractivity contribution < 1.29 is 9.50 Å². The van der Waals surface area contributed by atoms with Gasteiger partial charge in [-0.3, -0.25) is 0 Å². The van der Waals surface area contributed by atoms with E-state index in [4.69, 9.17) is 17.3 Å². The Morgan fingerprint density at radius 1 is 1.53 bits per heavy atom. The third-order valence-electron chi connectivity index (χ3n) is 2.08. The van der Waals surface area contributed by atoms with Crippen molar-refractivity contribution >= 4 is 11.6 Å². The lowest BCUT2D eigenvalue weighted by atomic mass is 9.94. The van der Waals surface area contributed by atoms with E-state index >= 15 is 0 Å². The number of nitrogens with two attached hydrogens (primary N) is 1. The maximum absolute atomic E-state index is 13.6. The van der Waals surface area contributed by atoms with E-state index in [0.29, 0.717) is 17.5 Å². The van der Waals surface area contributed by atoms with Crippen LogP contribution < -0.4 is 5.73 Å². The summed E-state index contributed by atoms with van der Waals surface area (Å²) in [5.74, 6) is -1.17. The molecule has 0 saturated heterocycles. The van der Waals surface area contributed by atoms with Crippen LogP contribution in [0.3, 0.4) is 0 Å². The molecule has 0 aliphatic rings. The molecule has 0 saturated carbocycles. The van der Waals surface area contributed by atoms with Crippen molar-refractivity contribution in [3.63, 3.8) is 0 Å². The fraction of sp³-hybridized carbons (Fsp3) is 0.455. The van der Waals surface area contributed by atoms with Gasteiger partial charge in [-0.1, -0.05) is 17.7 Å². The van der Waals surface area contributed by atoms with Crippen LogP contribution in [0.4, 0.5) is 4.39 Å². The third kappa shape index (κ3) is 2.83. The van der Waals surface area contributed by atoms with Crippen molar-refractivity contribution in [3.05, 3.63) is 28.0 Å². The van der Waals surface area contributed by atoms with Crippen molar-refractivity contribution in [1.82, 2.24) is 0 Å². The summed E-state index contributed by atoms with van der Waals surface area (Å²) in [6.45, 7) is 5.31. The van der Waals surface area contributed by atoms with E-state index in [1.54, 1.807) is 26.8 Å². The molecule has 0 radical (unpaired) electrons. The topological polar surface area (TPSA) is 46.2 Å². The van der Waals surface area contributed by atoms with Gasteiger partial charge in [0.05, 0.1) is 5.02 Å². The summed E-state index contributed by atoms with van der Waals surface area (Å²) >= 11 is 5.70. The van der Waals surface area contributed by atoms with Crippen LogP contribution in [0.1, 0.15) is 25.0 Å². The Kier molecular flexibility index (Phi) is 3.26. The molecule has 0 aromatic heterocycles. The van der Waals surface area contributed by atoms with E-state index in [1.807, 2.05) is 0 Å². The zero-order valence-electron chi connectivity index (χ0n) is 9.06. The Hall–Kier alpha value is -0.800. The highest BCUT2D eigenvalue weighted by molar-refractivity contribution is 6.32. The van der Waals surface area contributed by atoms with Gasteiger partial charge in [0.25, 0.3) is 0 Å². The van der Waals surface area contributed by atoms with Gasteiger partial charge in [-0.2, -0.15) is 0 Å². The summed E-state index contributed by atoms with van der Waals surface area (Å²) in [7, 11) is 0. The lowest BCUT2D eigenvalue weighted by Crippen LogP contribution is -2.34. The number of phenolic OH excluding ortho intramolecular Hbond substituents is 1. The Morgan fingerprint density at radius 2 is 2.07 bits per heavy atom. The normalized spacial score (nSPS) is 11.9. The van der Waals surface area contributed by atoms with Gasteiger partial charge < -0.3 is 10.8 Å². The smallest absolute Gasteiger partial charge is 0.170 e. The first kappa shape index (κ1) is 12.3. The van der Waals surface area contributed by atoms with Crippen LogP contribution in [0, 0.1) is 12.7 Å². The minimum atomic E-state index is -0.677. The van der Waals surface area contributed by atoms with Crippen molar-refractivity contribution in [2.45, 2.75) is 32.7 Å². The summed E-state index contributed by atoms with van der Waals surface area (Å²) in [5.41, 5.74) is 6.31. The second-order valence-electron chi connectivity index (χ2n) is 4.49. The number of benzene rings is 1. The molecule has 1 rings (SSSR count). The minimum Gasteiger partial charge on any atom is -0.504 e. The van der Waals surface area contributed by atoms with E-state index in [-0.39, 0.29) is 5.02 Å². The first-order valence-electron chi connectivity index (χ1n) is 4.67. The fourth-order valence-corrected chi connectivity index (χ4v) is 1.58. The molecule has 0 aliphatic carbocycles. The second-order valence-corrected chi connectivity index (χ2v) is 4.87. The number of aromatic hydroxyl groups is 1. The first-order valence-corrected chi connectivity index (χ1v) is 5.05. The summed E-state index contributed by atoms with van der Waals surface area (Å²) in [5, 5.41) is 9.48. The molecule has 0 heterocycles. The van der Waals surface area contributed by atoms with Gasteiger partial charge in [-0.25, -0.2) is 4.39 Å². The zero-order chi connectivity index (χ0) is 11.8. The SMILES string of the molecule is Cc1cc(CC(C)(C)N)c(F)c(O)c1Cl. The molecule has 2 nitrogen and oxygen atoms in total. The average Bonchev–Trinajstić information content (AvgIpc) is 2.08. The van der Waals surface area contributed by atoms with Crippen LogP contribution in [0.2, 0.25) is 5.02 Å². The molecule has 1 aromatic carbocycles. The Morgan fingerprint density at radius 3 is 2.53 bits per heavy atom. The third-order valence-corrected chi connectivity index (χ3v) is 2.56. The van der Waals surface area contributed by atoms with Gasteiger partial charge in [0.2, 0.25) is 0 Å². The van der Waals surface area contributed by atoms with Crippen molar-refractivity contribution in [3.8, 4) is 5.75 Å². The molecule has 0 fully saturated rings. The summed E-state index contributed by atoms with van der Waals surface area (Å²) in [4.78, 5) is 0. The summed E-state index contributed by atoms with van der Waals surface area (Å²) in [6, 6.07) is 1.62. The molecule has 0 unspecified atom stereocenters. The maximum atomic E-state index is 13.6. The van der Waals surface area contributed by atoms with Crippen LogP contribution in [0.15, 0.2) is 6.07 Å². The summed E-state index contributed by atoms with van der Waals surface area (Å²) < 4.78 is 13.6. The fourth-order valence-electron chi connectivity index (χ4n) is 1.44. The van der Waals surface area contributed by atoms with Gasteiger partial charge >= 0.3 is 0 Å². The standard InChI is InChI=1S/C11H15ClFNO/c1-6-4-7(5-11(2,3)14)9(13)10(15)8(6)12/h4,15H,5,14H2,1-3H3. The van der Waals surface area contributed by atoms with Crippen molar-refractivity contribution in [2.75, 3.05) is 0 Å². The molecular formula is C11H15ClFNO. The number of hydrogen-bond donors (Lipinski definition) is 2. The number of phenols is 1. The molecule has 15 heavy (non-hydrogen) atoms. The van der Waals surface area contributed by atoms with E-state index < -0.39 is 17.1 Å². The predicted octanol–water partition coefficient (Wildman–Crippen LogP) is 2.77. The van der Waals surface area contributed by atoms with Gasteiger partial charge in [-0.05, 0) is 38.3 Å². The van der Waals surface area contributed by atoms with Crippen LogP contribution in [0.25, 0.3) is 0 Å². The van der Waals surface area contributed by atoms with Crippen molar-refractivity contribution in [2.24, 2.45) is 5.73 Å². The molecule has 84 valence electrons. The lowest BCUT2D eigenvalue weighted by Gasteiger charge is -2.19. The first-order chi connectivity index (χ1) is 6.72. The average molecular weight is 232 g/mol. The minimum absolute atomic E-state index is 0.0612. The van der Waals surface area contributed by atoms with Gasteiger partial charge in [0, 0.05) is 5.54 Å². The quantitative estimate of drug-likeness (QED) is 0.822. The van der Waals surface area contributed by atoms with Crippen LogP contribution in [-0.2, 0) is 6.42 Å². The van der Waals surface area contributed by atoms with Crippen LogP contribution in [0.5, 0.6) is 5.75 Å². The van der Waals surface area contributed by atoms with E-state index in [9.17, 15) is 9.50 Å². The molecule has 4 heteroatoms. The molecule has 1 aromatic rings. The molecule has 0 atom stereocenters.